The smallest absolute Gasteiger partial charge is 0.275 e. The largest absolute Gasteiger partial charge is 0.381 e. The van der Waals surface area contributed by atoms with Gasteiger partial charge in [0.15, 0.2) is 0 Å². The van der Waals surface area contributed by atoms with Gasteiger partial charge in [0.05, 0.1) is 4.90 Å². The van der Waals surface area contributed by atoms with Crippen LogP contribution in [0.5, 0.6) is 0 Å². The van der Waals surface area contributed by atoms with Crippen LogP contribution in [0.2, 0.25) is 0 Å². The van der Waals surface area contributed by atoms with Crippen molar-refractivity contribution >= 4 is 20.9 Å². The lowest BCUT2D eigenvalue weighted by atomic mass is 9.80. The molecule has 198 valence electrons. The van der Waals surface area contributed by atoms with Crippen LogP contribution in [0.3, 0.4) is 0 Å². The molecule has 0 amide bonds. The number of nitrogens with zero attached hydrogens (tertiary/aromatic N) is 3. The van der Waals surface area contributed by atoms with Crippen molar-refractivity contribution in [1.29, 1.82) is 0 Å². The predicted octanol–water partition coefficient (Wildman–Crippen LogP) is 4.55. The molecular formula is C30H33N3O4S. The van der Waals surface area contributed by atoms with Gasteiger partial charge in [-0.3, -0.25) is 9.69 Å². The van der Waals surface area contributed by atoms with Gasteiger partial charge in [0, 0.05) is 56.7 Å². The maximum atomic E-state index is 13.6. The van der Waals surface area contributed by atoms with Crippen LogP contribution < -0.4 is 5.56 Å². The number of rotatable bonds is 5. The second kappa shape index (κ2) is 9.52. The average molecular weight is 532 g/mol. The number of aromatic nitrogens is 2. The number of ether oxygens (including phenoxy) is 1. The fourth-order valence-electron chi connectivity index (χ4n) is 5.96. The van der Waals surface area contributed by atoms with Crippen LogP contribution in [0.4, 0.5) is 0 Å². The van der Waals surface area contributed by atoms with Gasteiger partial charge in [-0.25, -0.2) is 12.4 Å². The monoisotopic (exact) mass is 531 g/mol. The van der Waals surface area contributed by atoms with E-state index < -0.39 is 10.0 Å². The number of fused-ring (bicyclic) bond motifs is 1. The van der Waals surface area contributed by atoms with Crippen molar-refractivity contribution in [2.24, 2.45) is 12.5 Å². The first-order valence-corrected chi connectivity index (χ1v) is 14.6. The number of likely N-dealkylation sites (tertiary alicyclic amines) is 1. The fourth-order valence-corrected chi connectivity index (χ4v) is 7.33. The van der Waals surface area contributed by atoms with E-state index in [0.29, 0.717) is 10.8 Å². The molecule has 0 N–H and O–H groups in total. The van der Waals surface area contributed by atoms with Gasteiger partial charge in [0.1, 0.15) is 5.52 Å². The third-order valence-electron chi connectivity index (χ3n) is 8.32. The van der Waals surface area contributed by atoms with E-state index in [1.807, 2.05) is 25.1 Å². The zero-order valence-electron chi connectivity index (χ0n) is 21.9. The van der Waals surface area contributed by atoms with E-state index in [2.05, 4.69) is 17.0 Å². The van der Waals surface area contributed by atoms with Crippen LogP contribution in [0.1, 0.15) is 30.4 Å². The Kier molecular flexibility index (Phi) is 6.29. The Bertz CT molecular complexity index is 1640. The molecule has 6 rings (SSSR count). The number of hydrogen-bond donors (Lipinski definition) is 0. The van der Waals surface area contributed by atoms with Crippen molar-refractivity contribution in [3.63, 3.8) is 0 Å². The fraction of sp³-hybridized carbons (Fsp3) is 0.367. The molecule has 2 aliphatic heterocycles. The van der Waals surface area contributed by atoms with Crippen molar-refractivity contribution < 1.29 is 13.2 Å². The summed E-state index contributed by atoms with van der Waals surface area (Å²) in [7, 11) is -2.32. The third-order valence-corrected chi connectivity index (χ3v) is 9.99. The first kappa shape index (κ1) is 25.1. The SMILES string of the molecule is Cc1ccc(S(=O)(=O)n2cc(-c3ccc(CN4CCC5(CCOCC5)C4)cc3)c3ccn(C)c(=O)c32)cc1. The summed E-state index contributed by atoms with van der Waals surface area (Å²) in [5.41, 5.74) is 4.02. The summed E-state index contributed by atoms with van der Waals surface area (Å²) in [6.45, 7) is 6.78. The summed E-state index contributed by atoms with van der Waals surface area (Å²) >= 11 is 0. The molecule has 38 heavy (non-hydrogen) atoms. The second-order valence-corrected chi connectivity index (χ2v) is 12.7. The Morgan fingerprint density at radius 3 is 2.37 bits per heavy atom. The van der Waals surface area contributed by atoms with E-state index in [9.17, 15) is 13.2 Å². The van der Waals surface area contributed by atoms with Gasteiger partial charge in [-0.2, -0.15) is 0 Å². The van der Waals surface area contributed by atoms with Gasteiger partial charge in [0.25, 0.3) is 15.6 Å². The normalized spacial score (nSPS) is 17.9. The van der Waals surface area contributed by atoms with Crippen molar-refractivity contribution in [2.45, 2.75) is 37.6 Å². The van der Waals surface area contributed by atoms with Gasteiger partial charge in [-0.05, 0) is 67.5 Å². The molecule has 2 aromatic heterocycles. The first-order chi connectivity index (χ1) is 18.3. The van der Waals surface area contributed by atoms with Gasteiger partial charge in [-0.15, -0.1) is 0 Å². The van der Waals surface area contributed by atoms with Crippen molar-refractivity contribution in [3.05, 3.63) is 88.5 Å². The molecule has 2 aromatic carbocycles. The molecule has 2 saturated heterocycles. The van der Waals surface area contributed by atoms with E-state index >= 15 is 0 Å². The van der Waals surface area contributed by atoms with Gasteiger partial charge >= 0.3 is 0 Å². The summed E-state index contributed by atoms with van der Waals surface area (Å²) < 4.78 is 35.4. The molecule has 4 aromatic rings. The maximum Gasteiger partial charge on any atom is 0.275 e. The Morgan fingerprint density at radius 1 is 0.947 bits per heavy atom. The highest BCUT2D eigenvalue weighted by Gasteiger charge is 2.39. The van der Waals surface area contributed by atoms with Crippen LogP contribution >= 0.6 is 0 Å². The number of hydrogen-bond acceptors (Lipinski definition) is 5. The Labute approximate surface area is 223 Å². The molecule has 0 bridgehead atoms. The molecule has 2 fully saturated rings. The summed E-state index contributed by atoms with van der Waals surface area (Å²) in [6.07, 6.45) is 6.81. The van der Waals surface area contributed by atoms with Crippen molar-refractivity contribution in [1.82, 2.24) is 13.4 Å². The molecule has 0 saturated carbocycles. The third kappa shape index (κ3) is 4.40. The number of pyridine rings is 1. The molecule has 0 unspecified atom stereocenters. The summed E-state index contributed by atoms with van der Waals surface area (Å²) in [5.74, 6) is 0. The Morgan fingerprint density at radius 2 is 1.66 bits per heavy atom. The molecular weight excluding hydrogens is 498 g/mol. The van der Waals surface area contributed by atoms with Crippen LogP contribution in [0, 0.1) is 12.3 Å². The Balaban J connectivity index is 1.33. The number of aryl methyl sites for hydroxylation is 2. The molecule has 0 atom stereocenters. The van der Waals surface area contributed by atoms with E-state index in [4.69, 9.17) is 4.74 Å². The van der Waals surface area contributed by atoms with E-state index in [-0.39, 0.29) is 16.0 Å². The quantitative estimate of drug-likeness (QED) is 0.378. The first-order valence-electron chi connectivity index (χ1n) is 13.2. The molecule has 2 aliphatic rings. The minimum atomic E-state index is -3.96. The molecule has 0 aliphatic carbocycles. The number of benzene rings is 2. The predicted molar refractivity (Wildman–Crippen MR) is 149 cm³/mol. The summed E-state index contributed by atoms with van der Waals surface area (Å²) in [4.78, 5) is 15.9. The van der Waals surface area contributed by atoms with E-state index in [1.165, 1.54) is 16.6 Å². The van der Waals surface area contributed by atoms with E-state index in [1.54, 1.807) is 43.7 Å². The lowest BCUT2D eigenvalue weighted by Crippen LogP contribution is -2.32. The van der Waals surface area contributed by atoms with Crippen LogP contribution in [0.25, 0.3) is 22.0 Å². The molecule has 4 heterocycles. The second-order valence-electron chi connectivity index (χ2n) is 10.9. The Hall–Kier alpha value is -3.20. The minimum absolute atomic E-state index is 0.153. The molecule has 1 spiro atoms. The minimum Gasteiger partial charge on any atom is -0.381 e. The van der Waals surface area contributed by atoms with Crippen LogP contribution in [-0.4, -0.2) is 48.2 Å². The molecule has 7 nitrogen and oxygen atoms in total. The lowest BCUT2D eigenvalue weighted by molar-refractivity contribution is 0.0190. The van der Waals surface area contributed by atoms with E-state index in [0.717, 1.165) is 66.4 Å². The summed E-state index contributed by atoms with van der Waals surface area (Å²) in [5, 5.41) is 0.623. The van der Waals surface area contributed by atoms with Crippen molar-refractivity contribution in [3.8, 4) is 11.1 Å². The molecule has 8 heteroatoms. The lowest BCUT2D eigenvalue weighted by Gasteiger charge is -2.33. The standard InChI is InChI=1S/C30H33N3O4S/c1-22-3-9-25(10-4-22)38(35,36)33-20-27(26-11-15-31(2)29(34)28(26)33)24-7-5-23(6-8-24)19-32-16-12-30(21-32)13-17-37-18-14-30/h3-11,15,20H,12-14,16-19,21H2,1-2H3. The molecule has 0 radical (unpaired) electrons. The highest BCUT2D eigenvalue weighted by molar-refractivity contribution is 7.90. The zero-order valence-corrected chi connectivity index (χ0v) is 22.7. The van der Waals surface area contributed by atoms with Gasteiger partial charge in [-0.1, -0.05) is 42.0 Å². The topological polar surface area (TPSA) is 73.5 Å². The van der Waals surface area contributed by atoms with Gasteiger partial charge < -0.3 is 9.30 Å². The van der Waals surface area contributed by atoms with Crippen LogP contribution in [0.15, 0.2) is 76.7 Å². The average Bonchev–Trinajstić information content (AvgIpc) is 3.50. The highest BCUT2D eigenvalue weighted by atomic mass is 32.2. The van der Waals surface area contributed by atoms with Crippen LogP contribution in [-0.2, 0) is 28.4 Å². The summed E-state index contributed by atoms with van der Waals surface area (Å²) in [6, 6.07) is 16.8. The highest BCUT2D eigenvalue weighted by Crippen LogP contribution is 2.40. The van der Waals surface area contributed by atoms with Crippen molar-refractivity contribution in [2.75, 3.05) is 26.3 Å². The van der Waals surface area contributed by atoms with Gasteiger partial charge in [0.2, 0.25) is 0 Å². The zero-order chi connectivity index (χ0) is 26.5. The maximum absolute atomic E-state index is 13.6.